The fraction of sp³-hybridized carbons (Fsp3) is 0.125. The second kappa shape index (κ2) is 7.21. The van der Waals surface area contributed by atoms with Gasteiger partial charge in [-0.2, -0.15) is 0 Å². The first-order valence-electron chi connectivity index (χ1n) is 6.56. The predicted molar refractivity (Wildman–Crippen MR) is 89.9 cm³/mol. The van der Waals surface area contributed by atoms with Crippen LogP contribution < -0.4 is 10.9 Å². The molecule has 0 aliphatic rings. The summed E-state index contributed by atoms with van der Waals surface area (Å²) in [6.45, 7) is 2.05. The molecule has 4 nitrogen and oxygen atoms in total. The van der Waals surface area contributed by atoms with Gasteiger partial charge in [0.25, 0.3) is 11.8 Å². The normalized spacial score (nSPS) is 10.0. The number of hydrogen-bond donors (Lipinski definition) is 2. The monoisotopic (exact) mass is 394 g/mol. The average Bonchev–Trinajstić information content (AvgIpc) is 2.52. The summed E-state index contributed by atoms with van der Waals surface area (Å²) in [6.07, 6.45) is 0.922. The van der Waals surface area contributed by atoms with Gasteiger partial charge in [-0.25, -0.2) is 0 Å². The highest BCUT2D eigenvalue weighted by Gasteiger charge is 2.11. The molecule has 108 valence electrons. The Balaban J connectivity index is 1.97. The van der Waals surface area contributed by atoms with Crippen molar-refractivity contribution >= 4 is 34.4 Å². The van der Waals surface area contributed by atoms with Crippen LogP contribution in [0.4, 0.5) is 0 Å². The number of rotatable bonds is 3. The van der Waals surface area contributed by atoms with E-state index >= 15 is 0 Å². The maximum absolute atomic E-state index is 12.0. The number of amides is 2. The van der Waals surface area contributed by atoms with Crippen molar-refractivity contribution in [1.29, 1.82) is 0 Å². The summed E-state index contributed by atoms with van der Waals surface area (Å²) in [6, 6.07) is 14.5. The molecule has 0 radical (unpaired) electrons. The summed E-state index contributed by atoms with van der Waals surface area (Å²) in [5.74, 6) is -0.671. The van der Waals surface area contributed by atoms with Crippen LogP contribution in [0.2, 0.25) is 0 Å². The molecule has 2 aromatic rings. The Morgan fingerprint density at radius 3 is 2.19 bits per heavy atom. The smallest absolute Gasteiger partial charge is 0.267 e. The lowest BCUT2D eigenvalue weighted by atomic mass is 10.1. The topological polar surface area (TPSA) is 58.2 Å². The molecular formula is C16H15IN2O2. The second-order valence-electron chi connectivity index (χ2n) is 4.44. The molecule has 0 aliphatic heterocycles. The van der Waals surface area contributed by atoms with Gasteiger partial charge in [-0.1, -0.05) is 31.2 Å². The van der Waals surface area contributed by atoms with E-state index in [2.05, 4.69) is 40.4 Å². The van der Waals surface area contributed by atoms with Crippen LogP contribution >= 0.6 is 22.6 Å². The molecule has 0 aliphatic carbocycles. The third-order valence-corrected chi connectivity index (χ3v) is 3.97. The third kappa shape index (κ3) is 4.04. The van der Waals surface area contributed by atoms with Gasteiger partial charge >= 0.3 is 0 Å². The van der Waals surface area contributed by atoms with E-state index in [0.29, 0.717) is 11.1 Å². The van der Waals surface area contributed by atoms with Crippen molar-refractivity contribution in [2.45, 2.75) is 13.3 Å². The van der Waals surface area contributed by atoms with Crippen LogP contribution in [0.15, 0.2) is 48.5 Å². The number of nitrogens with one attached hydrogen (secondary N) is 2. The third-order valence-electron chi connectivity index (χ3n) is 3.03. The molecule has 2 rings (SSSR count). The zero-order chi connectivity index (χ0) is 15.2. The standard InChI is InChI=1S/C16H15IN2O2/c1-2-11-7-9-12(10-8-11)15(20)18-19-16(21)13-5-3-4-6-14(13)17/h3-10H,2H2,1H3,(H,18,20)(H,19,21). The van der Waals surface area contributed by atoms with E-state index in [1.807, 2.05) is 24.3 Å². The first kappa shape index (κ1) is 15.5. The first-order valence-corrected chi connectivity index (χ1v) is 7.64. The lowest BCUT2D eigenvalue weighted by Gasteiger charge is -2.08. The molecule has 2 N–H and O–H groups in total. The van der Waals surface area contributed by atoms with Crippen molar-refractivity contribution in [2.75, 3.05) is 0 Å². The highest BCUT2D eigenvalue weighted by Crippen LogP contribution is 2.10. The fourth-order valence-corrected chi connectivity index (χ4v) is 2.42. The van der Waals surface area contributed by atoms with Crippen LogP contribution in [-0.2, 0) is 6.42 Å². The fourth-order valence-electron chi connectivity index (χ4n) is 1.79. The summed E-state index contributed by atoms with van der Waals surface area (Å²) < 4.78 is 0.828. The van der Waals surface area contributed by atoms with Gasteiger partial charge in [-0.05, 0) is 58.8 Å². The Morgan fingerprint density at radius 2 is 1.57 bits per heavy atom. The van der Waals surface area contributed by atoms with Gasteiger partial charge in [0.2, 0.25) is 0 Å². The first-order chi connectivity index (χ1) is 10.1. The predicted octanol–water partition coefficient (Wildman–Crippen LogP) is 2.93. The summed E-state index contributed by atoms with van der Waals surface area (Å²) >= 11 is 2.08. The van der Waals surface area contributed by atoms with Crippen molar-refractivity contribution in [1.82, 2.24) is 10.9 Å². The SMILES string of the molecule is CCc1ccc(C(=O)NNC(=O)c2ccccc2I)cc1. The van der Waals surface area contributed by atoms with Gasteiger partial charge in [-0.3, -0.25) is 20.4 Å². The van der Waals surface area contributed by atoms with Crippen LogP contribution in [-0.4, -0.2) is 11.8 Å². The summed E-state index contributed by atoms with van der Waals surface area (Å²) in [5, 5.41) is 0. The number of halogens is 1. The Labute approximate surface area is 137 Å². The minimum atomic E-state index is -0.336. The van der Waals surface area contributed by atoms with Crippen LogP contribution in [0.3, 0.4) is 0 Å². The Bertz CT molecular complexity index is 654. The summed E-state index contributed by atoms with van der Waals surface area (Å²) in [7, 11) is 0. The molecule has 0 saturated heterocycles. The minimum Gasteiger partial charge on any atom is -0.267 e. The van der Waals surface area contributed by atoms with E-state index < -0.39 is 0 Å². The van der Waals surface area contributed by atoms with E-state index in [1.165, 1.54) is 0 Å². The van der Waals surface area contributed by atoms with Gasteiger partial charge in [0.1, 0.15) is 0 Å². The highest BCUT2D eigenvalue weighted by molar-refractivity contribution is 14.1. The zero-order valence-corrected chi connectivity index (χ0v) is 13.7. The zero-order valence-electron chi connectivity index (χ0n) is 11.5. The van der Waals surface area contributed by atoms with Crippen molar-refractivity contribution < 1.29 is 9.59 Å². The van der Waals surface area contributed by atoms with E-state index in [1.54, 1.807) is 24.3 Å². The molecule has 21 heavy (non-hydrogen) atoms. The van der Waals surface area contributed by atoms with Gasteiger partial charge in [0.05, 0.1) is 5.56 Å². The Kier molecular flexibility index (Phi) is 5.32. The number of carbonyl (C=O) groups is 2. The van der Waals surface area contributed by atoms with E-state index in [-0.39, 0.29) is 11.8 Å². The lowest BCUT2D eigenvalue weighted by molar-refractivity contribution is 0.0846. The van der Waals surface area contributed by atoms with Crippen LogP contribution in [0.5, 0.6) is 0 Å². The summed E-state index contributed by atoms with van der Waals surface area (Å²) in [4.78, 5) is 23.9. The van der Waals surface area contributed by atoms with Crippen molar-refractivity contribution in [2.24, 2.45) is 0 Å². The van der Waals surface area contributed by atoms with Crippen molar-refractivity contribution in [3.05, 3.63) is 68.8 Å². The lowest BCUT2D eigenvalue weighted by Crippen LogP contribution is -2.41. The molecule has 0 spiro atoms. The Morgan fingerprint density at radius 1 is 0.952 bits per heavy atom. The molecule has 0 heterocycles. The van der Waals surface area contributed by atoms with Gasteiger partial charge in [0.15, 0.2) is 0 Å². The molecule has 0 fully saturated rings. The maximum atomic E-state index is 12.0. The minimum absolute atomic E-state index is 0.335. The second-order valence-corrected chi connectivity index (χ2v) is 5.60. The number of aryl methyl sites for hydroxylation is 1. The van der Waals surface area contributed by atoms with E-state index in [4.69, 9.17) is 0 Å². The van der Waals surface area contributed by atoms with Crippen LogP contribution in [0.25, 0.3) is 0 Å². The van der Waals surface area contributed by atoms with Gasteiger partial charge in [-0.15, -0.1) is 0 Å². The van der Waals surface area contributed by atoms with E-state index in [0.717, 1.165) is 15.6 Å². The Hall–Kier alpha value is -1.89. The summed E-state index contributed by atoms with van der Waals surface area (Å²) in [5.41, 5.74) is 7.04. The molecule has 0 saturated carbocycles. The number of hydrazine groups is 1. The molecule has 2 amide bonds. The molecule has 5 heteroatoms. The highest BCUT2D eigenvalue weighted by atomic mass is 127. The molecule has 0 bridgehead atoms. The number of carbonyl (C=O) groups excluding carboxylic acids is 2. The van der Waals surface area contributed by atoms with Crippen molar-refractivity contribution in [3.63, 3.8) is 0 Å². The van der Waals surface area contributed by atoms with Crippen LogP contribution in [0, 0.1) is 3.57 Å². The quantitative estimate of drug-likeness (QED) is 0.622. The molecule has 0 aromatic heterocycles. The largest absolute Gasteiger partial charge is 0.270 e. The molecule has 0 atom stereocenters. The molecular weight excluding hydrogens is 379 g/mol. The van der Waals surface area contributed by atoms with Gasteiger partial charge < -0.3 is 0 Å². The number of benzene rings is 2. The molecule has 2 aromatic carbocycles. The van der Waals surface area contributed by atoms with Gasteiger partial charge in [0, 0.05) is 9.13 Å². The average molecular weight is 394 g/mol. The maximum Gasteiger partial charge on any atom is 0.270 e. The molecule has 0 unspecified atom stereocenters. The number of hydrogen-bond acceptors (Lipinski definition) is 2. The van der Waals surface area contributed by atoms with Crippen LogP contribution in [0.1, 0.15) is 33.2 Å². The van der Waals surface area contributed by atoms with E-state index in [9.17, 15) is 9.59 Å². The van der Waals surface area contributed by atoms with Crippen molar-refractivity contribution in [3.8, 4) is 0 Å².